The van der Waals surface area contributed by atoms with Crippen molar-refractivity contribution < 1.29 is 9.53 Å². The first-order valence-electron chi connectivity index (χ1n) is 14.7. The number of nitrogens with one attached hydrogen (secondary N) is 2. The SMILES string of the molecule is CC1CCCCN1c1nnc2ccc(OC3CCC(NC(=O)Nc4cc(C(C)(C)C)nn4C)c4ccccc43)cn12. The number of carbonyl (C=O) groups excluding carboxylic acids is 1. The van der Waals surface area contributed by atoms with Crippen LogP contribution in [0.1, 0.15) is 88.8 Å². The molecule has 2 N–H and O–H groups in total. The van der Waals surface area contributed by atoms with Gasteiger partial charge >= 0.3 is 6.03 Å². The Morgan fingerprint density at radius 2 is 1.83 bits per heavy atom. The van der Waals surface area contributed by atoms with Crippen molar-refractivity contribution in [1.29, 1.82) is 0 Å². The summed E-state index contributed by atoms with van der Waals surface area (Å²) in [6.45, 7) is 9.56. The van der Waals surface area contributed by atoms with Crippen molar-refractivity contribution in [3.05, 3.63) is 65.5 Å². The van der Waals surface area contributed by atoms with Crippen molar-refractivity contribution in [2.24, 2.45) is 7.05 Å². The van der Waals surface area contributed by atoms with Crippen molar-refractivity contribution >= 4 is 23.4 Å². The van der Waals surface area contributed by atoms with Crippen molar-refractivity contribution in [2.75, 3.05) is 16.8 Å². The van der Waals surface area contributed by atoms with Gasteiger partial charge in [0.05, 0.1) is 17.9 Å². The Balaban J connectivity index is 1.18. The van der Waals surface area contributed by atoms with Crippen LogP contribution in [0.15, 0.2) is 48.7 Å². The lowest BCUT2D eigenvalue weighted by molar-refractivity contribution is 0.171. The van der Waals surface area contributed by atoms with Crippen LogP contribution in [0, 0.1) is 0 Å². The molecule has 1 fully saturated rings. The predicted molar refractivity (Wildman–Crippen MR) is 159 cm³/mol. The van der Waals surface area contributed by atoms with E-state index in [1.165, 1.54) is 12.8 Å². The number of fused-ring (bicyclic) bond motifs is 2. The summed E-state index contributed by atoms with van der Waals surface area (Å²) in [6.07, 6.45) is 7.01. The zero-order chi connectivity index (χ0) is 28.7. The molecule has 3 aromatic heterocycles. The molecule has 216 valence electrons. The highest BCUT2D eigenvalue weighted by molar-refractivity contribution is 5.88. The number of hydrogen-bond donors (Lipinski definition) is 2. The van der Waals surface area contributed by atoms with Crippen LogP contribution in [0.4, 0.5) is 16.6 Å². The summed E-state index contributed by atoms with van der Waals surface area (Å²) >= 11 is 0. The Morgan fingerprint density at radius 3 is 2.59 bits per heavy atom. The maximum absolute atomic E-state index is 13.0. The quantitative estimate of drug-likeness (QED) is 0.317. The topological polar surface area (TPSA) is 102 Å². The third-order valence-corrected chi connectivity index (χ3v) is 8.33. The summed E-state index contributed by atoms with van der Waals surface area (Å²) in [5, 5.41) is 19.6. The maximum Gasteiger partial charge on any atom is 0.320 e. The minimum Gasteiger partial charge on any atom is -0.484 e. The van der Waals surface area contributed by atoms with Crippen LogP contribution < -0.4 is 20.3 Å². The molecule has 10 heteroatoms. The van der Waals surface area contributed by atoms with Crippen LogP contribution in [0.3, 0.4) is 0 Å². The molecule has 0 radical (unpaired) electrons. The molecule has 6 rings (SSSR count). The molecule has 10 nitrogen and oxygen atoms in total. The molecule has 1 aliphatic heterocycles. The van der Waals surface area contributed by atoms with Gasteiger partial charge in [0, 0.05) is 31.1 Å². The Bertz CT molecular complexity index is 1550. The molecule has 0 saturated carbocycles. The van der Waals surface area contributed by atoms with E-state index in [1.54, 1.807) is 4.68 Å². The Kier molecular flexibility index (Phi) is 7.09. The average molecular weight is 557 g/mol. The number of aromatic nitrogens is 5. The standard InChI is InChI=1S/C31H40N8O2/c1-20-10-8-9-17-38(20)30-35-34-27-16-13-21(19-39(27)30)41-25-15-14-24(22-11-6-7-12-23(22)25)32-29(40)33-28-18-26(31(2,3)4)36-37(28)5/h6-7,11-13,16,18-20,24-25H,8-10,14-15,17H2,1-5H3,(H2,32,33,40). The molecule has 3 unspecified atom stereocenters. The maximum atomic E-state index is 13.0. The molecule has 3 atom stereocenters. The van der Waals surface area contributed by atoms with Gasteiger partial charge < -0.3 is 15.0 Å². The van der Waals surface area contributed by atoms with Gasteiger partial charge in [-0.1, -0.05) is 45.0 Å². The van der Waals surface area contributed by atoms with Gasteiger partial charge in [-0.25, -0.2) is 4.79 Å². The van der Waals surface area contributed by atoms with Gasteiger partial charge in [-0.2, -0.15) is 5.10 Å². The zero-order valence-electron chi connectivity index (χ0n) is 24.6. The molecule has 4 heterocycles. The van der Waals surface area contributed by atoms with E-state index >= 15 is 0 Å². The lowest BCUT2D eigenvalue weighted by atomic mass is 9.85. The van der Waals surface area contributed by atoms with Crippen LogP contribution in [0.5, 0.6) is 5.75 Å². The third-order valence-electron chi connectivity index (χ3n) is 8.33. The molecule has 1 aromatic carbocycles. The number of urea groups is 1. The summed E-state index contributed by atoms with van der Waals surface area (Å²) in [5.41, 5.74) is 3.81. The summed E-state index contributed by atoms with van der Waals surface area (Å²) in [6, 6.07) is 14.2. The molecule has 1 aliphatic carbocycles. The van der Waals surface area contributed by atoms with Crippen molar-refractivity contribution in [1.82, 2.24) is 29.7 Å². The highest BCUT2D eigenvalue weighted by atomic mass is 16.5. The summed E-state index contributed by atoms with van der Waals surface area (Å²) in [5.74, 6) is 2.32. The molecular formula is C31H40N8O2. The van der Waals surface area contributed by atoms with Crippen LogP contribution in [0.25, 0.3) is 5.65 Å². The molecule has 2 aliphatic rings. The number of pyridine rings is 1. The number of piperidine rings is 1. The minimum absolute atomic E-state index is 0.0993. The molecule has 1 saturated heterocycles. The number of rotatable bonds is 5. The lowest BCUT2D eigenvalue weighted by Gasteiger charge is -2.33. The second-order valence-electron chi connectivity index (χ2n) is 12.4. The van der Waals surface area contributed by atoms with E-state index < -0.39 is 0 Å². The number of hydrogen-bond acceptors (Lipinski definition) is 6. The number of amides is 2. The van der Waals surface area contributed by atoms with E-state index in [-0.39, 0.29) is 23.6 Å². The fraction of sp³-hybridized carbons (Fsp3) is 0.484. The van der Waals surface area contributed by atoms with Crippen LogP contribution >= 0.6 is 0 Å². The van der Waals surface area contributed by atoms with Gasteiger partial charge in [-0.15, -0.1) is 10.2 Å². The highest BCUT2D eigenvalue weighted by Gasteiger charge is 2.30. The number of benzene rings is 1. The van der Waals surface area contributed by atoms with Gasteiger partial charge in [0.2, 0.25) is 5.95 Å². The van der Waals surface area contributed by atoms with Crippen LogP contribution in [0.2, 0.25) is 0 Å². The van der Waals surface area contributed by atoms with E-state index in [4.69, 9.17) is 4.74 Å². The normalized spacial score (nSPS) is 21.0. The molecule has 0 bridgehead atoms. The highest BCUT2D eigenvalue weighted by Crippen LogP contribution is 2.39. The Morgan fingerprint density at radius 1 is 1.02 bits per heavy atom. The van der Waals surface area contributed by atoms with Gasteiger partial charge in [-0.3, -0.25) is 14.4 Å². The van der Waals surface area contributed by atoms with Gasteiger partial charge in [-0.05, 0) is 62.3 Å². The van der Waals surface area contributed by atoms with Crippen molar-refractivity contribution in [3.8, 4) is 5.75 Å². The average Bonchev–Trinajstić information content (AvgIpc) is 3.53. The molecule has 0 spiro atoms. The second kappa shape index (κ2) is 10.7. The van der Waals surface area contributed by atoms with E-state index in [2.05, 4.69) is 70.7 Å². The summed E-state index contributed by atoms with van der Waals surface area (Å²) in [4.78, 5) is 15.4. The van der Waals surface area contributed by atoms with E-state index in [0.717, 1.165) is 60.0 Å². The predicted octanol–water partition coefficient (Wildman–Crippen LogP) is 5.92. The Hall–Kier alpha value is -4.08. The minimum atomic E-state index is -0.245. The monoisotopic (exact) mass is 556 g/mol. The Labute approximate surface area is 241 Å². The largest absolute Gasteiger partial charge is 0.484 e. The number of anilines is 2. The fourth-order valence-electron chi connectivity index (χ4n) is 5.97. The number of carbonyl (C=O) groups is 1. The van der Waals surface area contributed by atoms with Crippen molar-refractivity contribution in [3.63, 3.8) is 0 Å². The number of ether oxygens (including phenoxy) is 1. The zero-order valence-corrected chi connectivity index (χ0v) is 24.6. The molecular weight excluding hydrogens is 516 g/mol. The molecule has 41 heavy (non-hydrogen) atoms. The molecule has 4 aromatic rings. The van der Waals surface area contributed by atoms with Gasteiger partial charge in [0.1, 0.15) is 17.7 Å². The van der Waals surface area contributed by atoms with Gasteiger partial charge in [0.15, 0.2) is 5.65 Å². The third kappa shape index (κ3) is 5.47. The van der Waals surface area contributed by atoms with Crippen LogP contribution in [-0.4, -0.2) is 43.0 Å². The fourth-order valence-corrected chi connectivity index (χ4v) is 5.97. The number of aryl methyl sites for hydroxylation is 1. The second-order valence-corrected chi connectivity index (χ2v) is 12.4. The number of nitrogens with zero attached hydrogens (tertiary/aromatic N) is 6. The van der Waals surface area contributed by atoms with Crippen molar-refractivity contribution in [2.45, 2.75) is 83.4 Å². The first-order chi connectivity index (χ1) is 19.7. The van der Waals surface area contributed by atoms with E-state index in [0.29, 0.717) is 11.9 Å². The molecule has 2 amide bonds. The first-order valence-corrected chi connectivity index (χ1v) is 14.7. The van der Waals surface area contributed by atoms with Crippen LogP contribution in [-0.2, 0) is 12.5 Å². The summed E-state index contributed by atoms with van der Waals surface area (Å²) in [7, 11) is 1.84. The lowest BCUT2D eigenvalue weighted by Crippen LogP contribution is -2.38. The van der Waals surface area contributed by atoms with E-state index in [9.17, 15) is 4.79 Å². The first kappa shape index (κ1) is 27.1. The smallest absolute Gasteiger partial charge is 0.320 e. The van der Waals surface area contributed by atoms with Gasteiger partial charge in [0.25, 0.3) is 0 Å². The summed E-state index contributed by atoms with van der Waals surface area (Å²) < 4.78 is 10.3. The van der Waals surface area contributed by atoms with E-state index in [1.807, 2.05) is 48.0 Å².